The Hall–Kier alpha value is -2.59. The number of phosphoric ester groups is 1. The van der Waals surface area contributed by atoms with E-state index in [1.807, 2.05) is 18.2 Å². The third-order valence-electron chi connectivity index (χ3n) is 7.44. The molecular formula is C40H67O10P. The predicted molar refractivity (Wildman–Crippen MR) is 205 cm³/mol. The number of esters is 2. The molecule has 0 aromatic carbocycles. The molecule has 0 saturated carbocycles. The molecule has 0 bridgehead atoms. The quantitative estimate of drug-likeness (QED) is 0.0252. The van der Waals surface area contributed by atoms with Crippen molar-refractivity contribution in [3.63, 3.8) is 0 Å². The van der Waals surface area contributed by atoms with Crippen LogP contribution in [0.2, 0.25) is 0 Å². The molecule has 0 radical (unpaired) electrons. The van der Waals surface area contributed by atoms with Gasteiger partial charge in [0.1, 0.15) is 12.2 Å². The van der Waals surface area contributed by atoms with E-state index < -0.39 is 58.4 Å². The monoisotopic (exact) mass is 738 g/mol. The first-order valence-corrected chi connectivity index (χ1v) is 20.4. The second-order valence-corrected chi connectivity index (χ2v) is 13.6. The Morgan fingerprint density at radius 3 is 1.49 bits per heavy atom. The van der Waals surface area contributed by atoms with Gasteiger partial charge in [-0.1, -0.05) is 125 Å². The van der Waals surface area contributed by atoms with E-state index in [0.717, 1.165) is 64.2 Å². The van der Waals surface area contributed by atoms with E-state index in [-0.39, 0.29) is 12.8 Å². The van der Waals surface area contributed by atoms with Gasteiger partial charge in [0.2, 0.25) is 0 Å². The second-order valence-electron chi connectivity index (χ2n) is 12.2. The van der Waals surface area contributed by atoms with Gasteiger partial charge in [0, 0.05) is 6.42 Å². The summed E-state index contributed by atoms with van der Waals surface area (Å²) in [6, 6.07) is 0. The van der Waals surface area contributed by atoms with Gasteiger partial charge in [0.05, 0.1) is 32.8 Å². The first-order valence-electron chi connectivity index (χ1n) is 18.9. The Labute approximate surface area is 308 Å². The molecule has 0 fully saturated rings. The lowest BCUT2D eigenvalue weighted by Gasteiger charge is -2.20. The third-order valence-corrected chi connectivity index (χ3v) is 8.39. The summed E-state index contributed by atoms with van der Waals surface area (Å²) in [6.45, 7) is 1.92. The highest BCUT2D eigenvalue weighted by Crippen LogP contribution is 2.43. The smallest absolute Gasteiger partial charge is 0.457 e. The van der Waals surface area contributed by atoms with Crippen LogP contribution in [0.25, 0.3) is 0 Å². The SMILES string of the molecule is CC/C=C\C/C=C\C/C=C\C/C=C\C/C=C\CC(=O)OC(CO)COP(=O)(O)OCC(CO)OC(=O)CCCCCCC/C=C\CCCCCC. The van der Waals surface area contributed by atoms with E-state index in [4.69, 9.17) is 18.5 Å². The maximum atomic E-state index is 12.3. The summed E-state index contributed by atoms with van der Waals surface area (Å²) in [5.74, 6) is -1.17. The number of carbonyl (C=O) groups excluding carboxylic acids is 2. The Kier molecular flexibility index (Phi) is 34.0. The van der Waals surface area contributed by atoms with Crippen LogP contribution in [0.3, 0.4) is 0 Å². The molecule has 0 aliphatic carbocycles. The summed E-state index contributed by atoms with van der Waals surface area (Å²) < 4.78 is 32.3. The van der Waals surface area contributed by atoms with Crippen molar-refractivity contribution in [2.75, 3.05) is 26.4 Å². The lowest BCUT2D eigenvalue weighted by molar-refractivity contribution is -0.153. The number of carbonyl (C=O) groups is 2. The van der Waals surface area contributed by atoms with Gasteiger partial charge in [-0.05, 0) is 64.2 Å². The summed E-state index contributed by atoms with van der Waals surface area (Å²) in [6.07, 6.45) is 39.1. The van der Waals surface area contributed by atoms with Crippen molar-refractivity contribution >= 4 is 19.8 Å². The van der Waals surface area contributed by atoms with E-state index in [1.165, 1.54) is 25.7 Å². The average molecular weight is 739 g/mol. The summed E-state index contributed by atoms with van der Waals surface area (Å²) in [5.41, 5.74) is 0. The van der Waals surface area contributed by atoms with Gasteiger partial charge in [0.25, 0.3) is 0 Å². The molecule has 11 heteroatoms. The zero-order chi connectivity index (χ0) is 37.7. The van der Waals surface area contributed by atoms with Crippen LogP contribution in [0, 0.1) is 0 Å². The fourth-order valence-corrected chi connectivity index (χ4v) is 5.32. The number of rotatable bonds is 34. The molecule has 3 N–H and O–H groups in total. The van der Waals surface area contributed by atoms with Crippen LogP contribution in [0.4, 0.5) is 0 Å². The molecule has 0 aliphatic rings. The summed E-state index contributed by atoms with van der Waals surface area (Å²) in [5, 5.41) is 19.1. The molecule has 0 spiro atoms. The summed E-state index contributed by atoms with van der Waals surface area (Å²) >= 11 is 0. The van der Waals surface area contributed by atoms with Gasteiger partial charge < -0.3 is 24.6 Å². The van der Waals surface area contributed by atoms with E-state index in [1.54, 1.807) is 6.08 Å². The largest absolute Gasteiger partial charge is 0.472 e. The van der Waals surface area contributed by atoms with Crippen LogP contribution in [-0.2, 0) is 32.7 Å². The Morgan fingerprint density at radius 1 is 0.569 bits per heavy atom. The minimum Gasteiger partial charge on any atom is -0.457 e. The maximum Gasteiger partial charge on any atom is 0.472 e. The molecule has 51 heavy (non-hydrogen) atoms. The Bertz CT molecular complexity index is 1080. The molecule has 3 unspecified atom stereocenters. The van der Waals surface area contributed by atoms with Crippen molar-refractivity contribution in [3.05, 3.63) is 72.9 Å². The molecule has 10 nitrogen and oxygen atoms in total. The molecule has 0 aliphatic heterocycles. The highest BCUT2D eigenvalue weighted by molar-refractivity contribution is 7.47. The second kappa shape index (κ2) is 35.8. The zero-order valence-corrected chi connectivity index (χ0v) is 32.2. The molecule has 0 aromatic rings. The average Bonchev–Trinajstić information content (AvgIpc) is 3.12. The van der Waals surface area contributed by atoms with E-state index in [9.17, 15) is 29.3 Å². The van der Waals surface area contributed by atoms with Gasteiger partial charge in [-0.3, -0.25) is 18.6 Å². The van der Waals surface area contributed by atoms with Gasteiger partial charge in [-0.2, -0.15) is 0 Å². The van der Waals surface area contributed by atoms with E-state index in [0.29, 0.717) is 12.8 Å². The van der Waals surface area contributed by atoms with Crippen molar-refractivity contribution in [2.24, 2.45) is 0 Å². The number of allylic oxidation sites excluding steroid dienone is 11. The highest BCUT2D eigenvalue weighted by atomic mass is 31.2. The van der Waals surface area contributed by atoms with E-state index >= 15 is 0 Å². The first-order chi connectivity index (χ1) is 24.8. The van der Waals surface area contributed by atoms with Crippen LogP contribution in [-0.4, -0.2) is 65.7 Å². The van der Waals surface area contributed by atoms with Crippen LogP contribution in [0.1, 0.15) is 129 Å². The lowest BCUT2D eigenvalue weighted by atomic mass is 10.1. The summed E-state index contributed by atoms with van der Waals surface area (Å²) in [4.78, 5) is 34.3. The predicted octanol–water partition coefficient (Wildman–Crippen LogP) is 9.33. The zero-order valence-electron chi connectivity index (χ0n) is 31.3. The molecule has 0 aromatic heterocycles. The molecule has 0 amide bonds. The molecule has 0 heterocycles. The van der Waals surface area contributed by atoms with Crippen LogP contribution in [0.5, 0.6) is 0 Å². The first kappa shape index (κ1) is 48.4. The number of aliphatic hydroxyl groups excluding tert-OH is 2. The highest BCUT2D eigenvalue weighted by Gasteiger charge is 2.27. The molecule has 0 rings (SSSR count). The van der Waals surface area contributed by atoms with Crippen LogP contribution in [0.15, 0.2) is 72.9 Å². The normalized spacial score (nSPS) is 14.8. The van der Waals surface area contributed by atoms with Gasteiger partial charge in [0.15, 0.2) is 0 Å². The van der Waals surface area contributed by atoms with Gasteiger partial charge >= 0.3 is 19.8 Å². The number of aliphatic hydroxyl groups is 2. The number of ether oxygens (including phenoxy) is 2. The Balaban J connectivity index is 4.14. The lowest BCUT2D eigenvalue weighted by Crippen LogP contribution is -2.28. The van der Waals surface area contributed by atoms with Gasteiger partial charge in [-0.25, -0.2) is 4.57 Å². The number of hydrogen-bond donors (Lipinski definition) is 3. The summed E-state index contributed by atoms with van der Waals surface area (Å²) in [7, 11) is -4.66. The molecule has 0 saturated heterocycles. The fraction of sp³-hybridized carbons (Fsp3) is 0.650. The molecule has 3 atom stereocenters. The van der Waals surface area contributed by atoms with Crippen molar-refractivity contribution in [3.8, 4) is 0 Å². The Morgan fingerprint density at radius 2 is 1.00 bits per heavy atom. The van der Waals surface area contributed by atoms with Crippen molar-refractivity contribution in [1.29, 1.82) is 0 Å². The molecule has 292 valence electrons. The number of phosphoric acid groups is 1. The topological polar surface area (TPSA) is 149 Å². The van der Waals surface area contributed by atoms with Crippen LogP contribution >= 0.6 is 7.82 Å². The van der Waals surface area contributed by atoms with Gasteiger partial charge in [-0.15, -0.1) is 0 Å². The maximum absolute atomic E-state index is 12.3. The third kappa shape index (κ3) is 34.3. The van der Waals surface area contributed by atoms with Crippen LogP contribution < -0.4 is 0 Å². The molecular weight excluding hydrogens is 671 g/mol. The van der Waals surface area contributed by atoms with Crippen molar-refractivity contribution in [1.82, 2.24) is 0 Å². The minimum absolute atomic E-state index is 0.0439. The number of unbranched alkanes of at least 4 members (excludes halogenated alkanes) is 9. The van der Waals surface area contributed by atoms with Crippen molar-refractivity contribution < 1.29 is 47.8 Å². The minimum atomic E-state index is -4.66. The van der Waals surface area contributed by atoms with Crippen molar-refractivity contribution in [2.45, 2.75) is 142 Å². The van der Waals surface area contributed by atoms with E-state index in [2.05, 4.69) is 62.5 Å². The fourth-order valence-electron chi connectivity index (χ4n) is 4.54. The standard InChI is InChI=1S/C40H67O10P/c1-3-5-7-9-11-13-15-17-18-20-22-24-26-28-30-32-40(44)50-38(34-42)36-48-51(45,46)47-35-37(33-41)49-39(43)31-29-27-25-23-21-19-16-14-12-10-8-6-4-2/h5,7,11,13-14,16-18,22,24,28,30,37-38,41-42H,3-4,6,8-10,12,15,19-21,23,25-27,29,31-36H2,1-2H3,(H,45,46)/b7-5-,13-11-,16-14-,18-17-,24-22-,30-28-. The number of hydrogen-bond acceptors (Lipinski definition) is 9.